The van der Waals surface area contributed by atoms with Crippen molar-refractivity contribution in [2.45, 2.75) is 12.3 Å². The second-order valence-corrected chi connectivity index (χ2v) is 6.13. The predicted molar refractivity (Wildman–Crippen MR) is 98.2 cm³/mol. The van der Waals surface area contributed by atoms with Crippen LogP contribution in [0.2, 0.25) is 0 Å². The van der Waals surface area contributed by atoms with Crippen LogP contribution in [0.25, 0.3) is 22.5 Å². The topological polar surface area (TPSA) is 56.5 Å². The van der Waals surface area contributed by atoms with Crippen molar-refractivity contribution in [1.82, 2.24) is 9.55 Å². The maximum atomic E-state index is 13.1. The van der Waals surface area contributed by atoms with Gasteiger partial charge in [-0.1, -0.05) is 0 Å². The van der Waals surface area contributed by atoms with Gasteiger partial charge < -0.3 is 19.1 Å². The van der Waals surface area contributed by atoms with E-state index in [1.54, 1.807) is 48.5 Å². The van der Waals surface area contributed by atoms with Crippen molar-refractivity contribution in [3.8, 4) is 34.0 Å². The fourth-order valence-electron chi connectivity index (χ4n) is 2.94. The van der Waals surface area contributed by atoms with E-state index in [0.717, 1.165) is 0 Å². The highest BCUT2D eigenvalue weighted by Crippen LogP contribution is 2.39. The van der Waals surface area contributed by atoms with E-state index in [1.165, 1.54) is 25.8 Å². The minimum absolute atomic E-state index is 0.327. The number of ether oxygens (including phenoxy) is 2. The molecule has 1 N–H and O–H groups in total. The van der Waals surface area contributed by atoms with Crippen LogP contribution in [-0.2, 0) is 7.05 Å². The molecular weight excluding hydrogens is 373 g/mol. The zero-order chi connectivity index (χ0) is 20.5. The molecule has 0 radical (unpaired) electrons. The van der Waals surface area contributed by atoms with E-state index in [2.05, 4.69) is 4.98 Å². The maximum Gasteiger partial charge on any atom is 0.421 e. The third-order valence-electron chi connectivity index (χ3n) is 4.41. The molecule has 28 heavy (non-hydrogen) atoms. The van der Waals surface area contributed by atoms with Crippen LogP contribution in [0.3, 0.4) is 0 Å². The first-order valence-electron chi connectivity index (χ1n) is 8.36. The highest BCUT2D eigenvalue weighted by atomic mass is 19.4. The molecule has 0 fully saturated rings. The zero-order valence-electron chi connectivity index (χ0n) is 15.5. The Labute approximate surface area is 160 Å². The van der Waals surface area contributed by atoms with E-state index in [4.69, 9.17) is 9.47 Å². The van der Waals surface area contributed by atoms with Crippen LogP contribution in [0.1, 0.15) is 11.9 Å². The van der Waals surface area contributed by atoms with Crippen LogP contribution >= 0.6 is 0 Å². The molecule has 148 valence electrons. The number of rotatable bonds is 5. The lowest BCUT2D eigenvalue weighted by molar-refractivity contribution is -0.209. The summed E-state index contributed by atoms with van der Waals surface area (Å²) in [6.07, 6.45) is -7.52. The van der Waals surface area contributed by atoms with E-state index < -0.39 is 18.1 Å². The van der Waals surface area contributed by atoms with Crippen molar-refractivity contribution >= 4 is 0 Å². The molecule has 0 amide bonds. The predicted octanol–water partition coefficient (Wildman–Crippen LogP) is 4.37. The Morgan fingerprint density at radius 2 is 1.36 bits per heavy atom. The van der Waals surface area contributed by atoms with Crippen molar-refractivity contribution in [3.63, 3.8) is 0 Å². The molecule has 1 aromatic heterocycles. The Kier molecular flexibility index (Phi) is 5.33. The van der Waals surface area contributed by atoms with Crippen LogP contribution in [0.15, 0.2) is 48.5 Å². The first kappa shape index (κ1) is 19.8. The first-order chi connectivity index (χ1) is 13.3. The Balaban J connectivity index is 2.20. The van der Waals surface area contributed by atoms with Gasteiger partial charge in [0.1, 0.15) is 17.3 Å². The number of methoxy groups -OCH3 is 2. The Morgan fingerprint density at radius 3 is 1.79 bits per heavy atom. The number of imidazole rings is 1. The van der Waals surface area contributed by atoms with Gasteiger partial charge >= 0.3 is 6.18 Å². The first-order valence-corrected chi connectivity index (χ1v) is 8.36. The molecule has 0 spiro atoms. The highest BCUT2D eigenvalue weighted by molar-refractivity contribution is 5.79. The van der Waals surface area contributed by atoms with E-state index in [9.17, 15) is 18.3 Å². The smallest absolute Gasteiger partial charge is 0.421 e. The van der Waals surface area contributed by atoms with Gasteiger partial charge in [-0.3, -0.25) is 0 Å². The minimum Gasteiger partial charge on any atom is -0.497 e. The largest absolute Gasteiger partial charge is 0.497 e. The molecule has 1 atom stereocenters. The van der Waals surface area contributed by atoms with Crippen molar-refractivity contribution in [2.75, 3.05) is 14.2 Å². The second kappa shape index (κ2) is 7.55. The van der Waals surface area contributed by atoms with Crippen LogP contribution in [-0.4, -0.2) is 35.1 Å². The maximum absolute atomic E-state index is 13.1. The lowest BCUT2D eigenvalue weighted by atomic mass is 10.0. The summed E-state index contributed by atoms with van der Waals surface area (Å²) in [4.78, 5) is 4.14. The van der Waals surface area contributed by atoms with E-state index in [-0.39, 0.29) is 0 Å². The van der Waals surface area contributed by atoms with Crippen LogP contribution < -0.4 is 9.47 Å². The molecule has 0 saturated heterocycles. The van der Waals surface area contributed by atoms with Gasteiger partial charge in [0, 0.05) is 18.2 Å². The summed E-state index contributed by atoms with van der Waals surface area (Å²) in [5, 5.41) is 9.79. The number of aliphatic hydroxyl groups excluding tert-OH is 1. The van der Waals surface area contributed by atoms with Gasteiger partial charge in [0.15, 0.2) is 0 Å². The summed E-state index contributed by atoms with van der Waals surface area (Å²) in [6, 6.07) is 13.7. The fourth-order valence-corrected chi connectivity index (χ4v) is 2.94. The molecule has 1 unspecified atom stereocenters. The number of hydrogen-bond acceptors (Lipinski definition) is 4. The monoisotopic (exact) mass is 392 g/mol. The molecule has 3 aromatic rings. The van der Waals surface area contributed by atoms with Gasteiger partial charge in [-0.25, -0.2) is 4.98 Å². The van der Waals surface area contributed by atoms with Crippen molar-refractivity contribution < 1.29 is 27.8 Å². The van der Waals surface area contributed by atoms with Crippen LogP contribution in [0.4, 0.5) is 13.2 Å². The normalized spacial score (nSPS) is 12.7. The number of halogens is 3. The number of nitrogens with zero attached hydrogens (tertiary/aromatic N) is 2. The van der Waals surface area contributed by atoms with E-state index >= 15 is 0 Å². The summed E-state index contributed by atoms with van der Waals surface area (Å²) in [5.41, 5.74) is 2.02. The Hall–Kier alpha value is -3.00. The van der Waals surface area contributed by atoms with E-state index in [0.29, 0.717) is 34.0 Å². The molecule has 0 bridgehead atoms. The summed E-state index contributed by atoms with van der Waals surface area (Å²) in [7, 11) is 4.50. The zero-order valence-corrected chi connectivity index (χ0v) is 15.5. The van der Waals surface area contributed by atoms with Gasteiger partial charge in [-0.15, -0.1) is 0 Å². The number of alkyl halides is 3. The summed E-state index contributed by atoms with van der Waals surface area (Å²) in [6.45, 7) is 0. The standard InChI is InChI=1S/C20H19F3N2O3/c1-25-17(13-6-10-15(28-3)11-7-13)16(12-4-8-14(27-2)9-5-12)24-19(25)18(26)20(21,22)23/h4-11,18,26H,1-3H3. The third kappa shape index (κ3) is 3.68. The second-order valence-electron chi connectivity index (χ2n) is 6.13. The Bertz CT molecular complexity index is 949. The molecule has 0 saturated carbocycles. The molecule has 5 nitrogen and oxygen atoms in total. The lowest BCUT2D eigenvalue weighted by Gasteiger charge is -2.15. The molecular formula is C20H19F3N2O3. The van der Waals surface area contributed by atoms with Crippen molar-refractivity contribution in [1.29, 1.82) is 0 Å². The number of aromatic nitrogens is 2. The number of benzene rings is 2. The minimum atomic E-state index is -4.83. The average Bonchev–Trinajstić information content (AvgIpc) is 3.03. The average molecular weight is 392 g/mol. The summed E-state index contributed by atoms with van der Waals surface area (Å²) >= 11 is 0. The molecule has 3 rings (SSSR count). The van der Waals surface area contributed by atoms with Gasteiger partial charge in [0.25, 0.3) is 0 Å². The van der Waals surface area contributed by atoms with Gasteiger partial charge in [0.05, 0.1) is 25.6 Å². The quantitative estimate of drug-likeness (QED) is 0.701. The van der Waals surface area contributed by atoms with Crippen LogP contribution in [0.5, 0.6) is 11.5 Å². The lowest BCUT2D eigenvalue weighted by Crippen LogP contribution is -2.23. The SMILES string of the molecule is COc1ccc(-c2nc(C(O)C(F)(F)F)n(C)c2-c2ccc(OC)cc2)cc1. The van der Waals surface area contributed by atoms with Gasteiger partial charge in [-0.05, 0) is 48.5 Å². The highest BCUT2D eigenvalue weighted by Gasteiger charge is 2.43. The molecule has 0 aliphatic heterocycles. The van der Waals surface area contributed by atoms with E-state index in [1.807, 2.05) is 0 Å². The molecule has 0 aliphatic carbocycles. The third-order valence-corrected chi connectivity index (χ3v) is 4.41. The Morgan fingerprint density at radius 1 is 0.893 bits per heavy atom. The summed E-state index contributed by atoms with van der Waals surface area (Å²) < 4.78 is 50.9. The van der Waals surface area contributed by atoms with Gasteiger partial charge in [-0.2, -0.15) is 13.2 Å². The molecule has 2 aromatic carbocycles. The van der Waals surface area contributed by atoms with Gasteiger partial charge in [0.2, 0.25) is 6.10 Å². The van der Waals surface area contributed by atoms with Crippen molar-refractivity contribution in [3.05, 3.63) is 54.4 Å². The number of hydrogen-bond donors (Lipinski definition) is 1. The molecule has 0 aliphatic rings. The summed E-state index contributed by atoms with van der Waals surface area (Å²) in [5.74, 6) is 0.748. The van der Waals surface area contributed by atoms with Crippen molar-refractivity contribution in [2.24, 2.45) is 7.05 Å². The van der Waals surface area contributed by atoms with Crippen LogP contribution in [0, 0.1) is 0 Å². The molecule has 1 heterocycles. The number of aliphatic hydroxyl groups is 1. The fraction of sp³-hybridized carbons (Fsp3) is 0.250. The molecule has 8 heteroatoms.